The third kappa shape index (κ3) is 4.76. The summed E-state index contributed by atoms with van der Waals surface area (Å²) in [5.74, 6) is 0.546. The summed E-state index contributed by atoms with van der Waals surface area (Å²) >= 11 is 0. The minimum atomic E-state index is -0.235. The fourth-order valence-electron chi connectivity index (χ4n) is 1.76. The van der Waals surface area contributed by atoms with Crippen molar-refractivity contribution in [1.82, 2.24) is 5.43 Å². The second-order valence-electron chi connectivity index (χ2n) is 4.80. The molecule has 0 aliphatic carbocycles. The second kappa shape index (κ2) is 7.24. The maximum atomic E-state index is 11.8. The summed E-state index contributed by atoms with van der Waals surface area (Å²) in [4.78, 5) is 11.8. The van der Waals surface area contributed by atoms with Crippen LogP contribution < -0.4 is 10.2 Å². The number of amides is 1. The van der Waals surface area contributed by atoms with Gasteiger partial charge in [-0.1, -0.05) is 30.3 Å². The molecule has 0 spiro atoms. The SMILES string of the molecule is CC(C)Oc1cccc(/C=N/NC(=O)c2ccccc2)c1. The Labute approximate surface area is 124 Å². The molecule has 0 fully saturated rings. The average molecular weight is 282 g/mol. The predicted octanol–water partition coefficient (Wildman–Crippen LogP) is 3.24. The lowest BCUT2D eigenvalue weighted by molar-refractivity contribution is 0.0955. The Bertz CT molecular complexity index is 622. The number of hydrogen-bond donors (Lipinski definition) is 1. The molecule has 0 atom stereocenters. The molecule has 0 aromatic heterocycles. The van der Waals surface area contributed by atoms with Crippen LogP contribution >= 0.6 is 0 Å². The van der Waals surface area contributed by atoms with Gasteiger partial charge in [0.2, 0.25) is 0 Å². The first-order valence-electron chi connectivity index (χ1n) is 6.80. The van der Waals surface area contributed by atoms with E-state index < -0.39 is 0 Å². The van der Waals surface area contributed by atoms with Crippen LogP contribution in [0.5, 0.6) is 5.75 Å². The summed E-state index contributed by atoms with van der Waals surface area (Å²) < 4.78 is 5.60. The molecule has 0 radical (unpaired) electrons. The van der Waals surface area contributed by atoms with E-state index in [1.165, 1.54) is 0 Å². The van der Waals surface area contributed by atoms with Crippen molar-refractivity contribution >= 4 is 12.1 Å². The van der Waals surface area contributed by atoms with Gasteiger partial charge in [-0.05, 0) is 43.7 Å². The van der Waals surface area contributed by atoms with Gasteiger partial charge in [-0.15, -0.1) is 0 Å². The standard InChI is InChI=1S/C17H18N2O2/c1-13(2)21-16-10-6-7-14(11-16)12-18-19-17(20)15-8-4-3-5-9-15/h3-13H,1-2H3,(H,19,20)/b18-12+. The van der Waals surface area contributed by atoms with Crippen LogP contribution in [0.4, 0.5) is 0 Å². The molecular formula is C17H18N2O2. The van der Waals surface area contributed by atoms with Crippen LogP contribution in [0.1, 0.15) is 29.8 Å². The van der Waals surface area contributed by atoms with Gasteiger partial charge in [-0.25, -0.2) is 5.43 Å². The van der Waals surface area contributed by atoms with Crippen LogP contribution in [0.3, 0.4) is 0 Å². The van der Waals surface area contributed by atoms with E-state index in [0.717, 1.165) is 11.3 Å². The lowest BCUT2D eigenvalue weighted by atomic mass is 10.2. The summed E-state index contributed by atoms with van der Waals surface area (Å²) in [6.45, 7) is 3.95. The van der Waals surface area contributed by atoms with E-state index in [0.29, 0.717) is 5.56 Å². The van der Waals surface area contributed by atoms with Crippen LogP contribution in [0.25, 0.3) is 0 Å². The molecular weight excluding hydrogens is 264 g/mol. The molecule has 0 aliphatic heterocycles. The maximum absolute atomic E-state index is 11.8. The first-order chi connectivity index (χ1) is 10.1. The Hall–Kier alpha value is -2.62. The van der Waals surface area contributed by atoms with Gasteiger partial charge >= 0.3 is 0 Å². The molecule has 4 heteroatoms. The highest BCUT2D eigenvalue weighted by molar-refractivity contribution is 5.94. The summed E-state index contributed by atoms with van der Waals surface area (Å²) in [6.07, 6.45) is 1.71. The lowest BCUT2D eigenvalue weighted by Gasteiger charge is -2.09. The van der Waals surface area contributed by atoms with Crippen LogP contribution in [0, 0.1) is 0 Å². The number of nitrogens with zero attached hydrogens (tertiary/aromatic N) is 1. The molecule has 0 unspecified atom stereocenters. The molecule has 2 aromatic rings. The van der Waals surface area contributed by atoms with E-state index in [2.05, 4.69) is 10.5 Å². The van der Waals surface area contributed by atoms with Gasteiger partial charge in [-0.3, -0.25) is 4.79 Å². The van der Waals surface area contributed by atoms with Gasteiger partial charge in [0.25, 0.3) is 5.91 Å². The number of rotatable bonds is 5. The minimum Gasteiger partial charge on any atom is -0.491 e. The Morgan fingerprint density at radius 2 is 1.90 bits per heavy atom. The van der Waals surface area contributed by atoms with Crippen molar-refractivity contribution in [3.8, 4) is 5.75 Å². The smallest absolute Gasteiger partial charge is 0.271 e. The zero-order valence-corrected chi connectivity index (χ0v) is 12.1. The van der Waals surface area contributed by atoms with Gasteiger partial charge in [0, 0.05) is 5.56 Å². The van der Waals surface area contributed by atoms with E-state index in [1.54, 1.807) is 18.3 Å². The number of nitrogens with one attached hydrogen (secondary N) is 1. The molecule has 0 heterocycles. The largest absolute Gasteiger partial charge is 0.491 e. The van der Waals surface area contributed by atoms with Crippen molar-refractivity contribution in [1.29, 1.82) is 0 Å². The molecule has 2 aromatic carbocycles. The molecule has 1 N–H and O–H groups in total. The molecule has 21 heavy (non-hydrogen) atoms. The first kappa shape index (κ1) is 14.8. The van der Waals surface area contributed by atoms with E-state index >= 15 is 0 Å². The van der Waals surface area contributed by atoms with Gasteiger partial charge in [0.15, 0.2) is 0 Å². The average Bonchev–Trinajstić information content (AvgIpc) is 2.48. The monoisotopic (exact) mass is 282 g/mol. The zero-order chi connectivity index (χ0) is 15.1. The van der Waals surface area contributed by atoms with Crippen LogP contribution in [-0.2, 0) is 0 Å². The quantitative estimate of drug-likeness (QED) is 0.676. The second-order valence-corrected chi connectivity index (χ2v) is 4.80. The van der Waals surface area contributed by atoms with E-state index in [-0.39, 0.29) is 12.0 Å². The molecule has 0 bridgehead atoms. The first-order valence-corrected chi connectivity index (χ1v) is 6.80. The topological polar surface area (TPSA) is 50.7 Å². The maximum Gasteiger partial charge on any atom is 0.271 e. The summed E-state index contributed by atoms with van der Waals surface area (Å²) in [5, 5.41) is 3.96. The number of hydrogen-bond acceptors (Lipinski definition) is 3. The molecule has 0 saturated heterocycles. The highest BCUT2D eigenvalue weighted by atomic mass is 16.5. The van der Waals surface area contributed by atoms with Crippen molar-refractivity contribution in [3.63, 3.8) is 0 Å². The Morgan fingerprint density at radius 3 is 2.62 bits per heavy atom. The van der Waals surface area contributed by atoms with Crippen molar-refractivity contribution in [2.75, 3.05) is 0 Å². The number of carbonyl (C=O) groups is 1. The van der Waals surface area contributed by atoms with Crippen LogP contribution in [-0.4, -0.2) is 18.2 Å². The Balaban J connectivity index is 1.97. The predicted molar refractivity (Wildman–Crippen MR) is 83.7 cm³/mol. The highest BCUT2D eigenvalue weighted by Gasteiger charge is 2.02. The number of carbonyl (C=O) groups excluding carboxylic acids is 1. The van der Waals surface area contributed by atoms with Gasteiger partial charge in [0.05, 0.1) is 12.3 Å². The van der Waals surface area contributed by atoms with E-state index in [4.69, 9.17) is 4.74 Å². The third-order valence-electron chi connectivity index (χ3n) is 2.65. The van der Waals surface area contributed by atoms with E-state index in [9.17, 15) is 4.79 Å². The minimum absolute atomic E-state index is 0.120. The molecule has 0 saturated carbocycles. The van der Waals surface area contributed by atoms with Crippen LogP contribution in [0.2, 0.25) is 0 Å². The number of ether oxygens (including phenoxy) is 1. The Kier molecular flexibility index (Phi) is 5.10. The van der Waals surface area contributed by atoms with Crippen LogP contribution in [0.15, 0.2) is 59.7 Å². The molecule has 108 valence electrons. The van der Waals surface area contributed by atoms with Gasteiger partial charge < -0.3 is 4.74 Å². The lowest BCUT2D eigenvalue weighted by Crippen LogP contribution is -2.17. The van der Waals surface area contributed by atoms with Gasteiger partial charge in [-0.2, -0.15) is 5.10 Å². The third-order valence-corrected chi connectivity index (χ3v) is 2.65. The Morgan fingerprint density at radius 1 is 1.14 bits per heavy atom. The fraction of sp³-hybridized carbons (Fsp3) is 0.176. The molecule has 0 aliphatic rings. The summed E-state index contributed by atoms with van der Waals surface area (Å²) in [7, 11) is 0. The van der Waals surface area contributed by atoms with Gasteiger partial charge in [0.1, 0.15) is 5.75 Å². The molecule has 1 amide bonds. The van der Waals surface area contributed by atoms with Crippen molar-refractivity contribution in [2.45, 2.75) is 20.0 Å². The number of hydrazone groups is 1. The fourth-order valence-corrected chi connectivity index (χ4v) is 1.76. The highest BCUT2D eigenvalue weighted by Crippen LogP contribution is 2.13. The normalized spacial score (nSPS) is 10.8. The van der Waals surface area contributed by atoms with Crippen molar-refractivity contribution < 1.29 is 9.53 Å². The summed E-state index contributed by atoms with van der Waals surface area (Å²) in [6, 6.07) is 16.5. The summed E-state index contributed by atoms with van der Waals surface area (Å²) in [5.41, 5.74) is 3.94. The van der Waals surface area contributed by atoms with Crippen molar-refractivity contribution in [2.24, 2.45) is 5.10 Å². The zero-order valence-electron chi connectivity index (χ0n) is 12.1. The molecule has 2 rings (SSSR count). The number of benzene rings is 2. The molecule has 4 nitrogen and oxygen atoms in total. The van der Waals surface area contributed by atoms with Crippen molar-refractivity contribution in [3.05, 3.63) is 65.7 Å². The van der Waals surface area contributed by atoms with E-state index in [1.807, 2.05) is 56.3 Å².